The number of carboxylic acid groups (broad SMARTS) is 1. The molecule has 7 nitrogen and oxygen atoms in total. The highest BCUT2D eigenvalue weighted by Crippen LogP contribution is 2.27. The third kappa shape index (κ3) is 4.55. The SMILES string of the molecule is CC(C)(C)NS(=O)(=O)c1ccc(C(=O)NC2CC(C(=O)O)C2)cc1. The van der Waals surface area contributed by atoms with Crippen molar-refractivity contribution in [3.05, 3.63) is 29.8 Å². The van der Waals surface area contributed by atoms with Gasteiger partial charge in [-0.2, -0.15) is 0 Å². The molecule has 1 amide bonds. The summed E-state index contributed by atoms with van der Waals surface area (Å²) in [5.41, 5.74) is -0.261. The Bertz CT molecular complexity index is 729. The summed E-state index contributed by atoms with van der Waals surface area (Å²) in [5, 5.41) is 11.6. The maximum atomic E-state index is 12.2. The fraction of sp³-hybridized carbons (Fsp3) is 0.500. The number of carbonyl (C=O) groups is 2. The van der Waals surface area contributed by atoms with Crippen molar-refractivity contribution in [2.24, 2.45) is 5.92 Å². The van der Waals surface area contributed by atoms with Gasteiger partial charge in [-0.3, -0.25) is 9.59 Å². The molecule has 1 aromatic carbocycles. The molecular formula is C16H22N2O5S. The third-order valence-corrected chi connectivity index (χ3v) is 5.46. The van der Waals surface area contributed by atoms with Crippen LogP contribution in [0.5, 0.6) is 0 Å². The molecule has 1 aliphatic rings. The maximum Gasteiger partial charge on any atom is 0.306 e. The van der Waals surface area contributed by atoms with Crippen LogP contribution in [0.25, 0.3) is 0 Å². The third-order valence-electron chi connectivity index (χ3n) is 3.69. The van der Waals surface area contributed by atoms with Crippen LogP contribution >= 0.6 is 0 Å². The first kappa shape index (κ1) is 18.4. The largest absolute Gasteiger partial charge is 0.481 e. The van der Waals surface area contributed by atoms with E-state index in [1.54, 1.807) is 20.8 Å². The Kier molecular flexibility index (Phi) is 5.00. The van der Waals surface area contributed by atoms with E-state index in [0.717, 1.165) is 0 Å². The summed E-state index contributed by atoms with van der Waals surface area (Å²) >= 11 is 0. The zero-order valence-corrected chi connectivity index (χ0v) is 14.7. The topological polar surface area (TPSA) is 113 Å². The van der Waals surface area contributed by atoms with E-state index in [4.69, 9.17) is 5.11 Å². The van der Waals surface area contributed by atoms with Gasteiger partial charge < -0.3 is 10.4 Å². The van der Waals surface area contributed by atoms with Crippen LogP contribution in [0, 0.1) is 5.92 Å². The van der Waals surface area contributed by atoms with Crippen molar-refractivity contribution in [1.29, 1.82) is 0 Å². The van der Waals surface area contributed by atoms with E-state index in [0.29, 0.717) is 18.4 Å². The first-order chi connectivity index (χ1) is 11.0. The van der Waals surface area contributed by atoms with E-state index in [-0.39, 0.29) is 16.8 Å². The molecule has 2 rings (SSSR count). The van der Waals surface area contributed by atoms with Crippen LogP contribution in [-0.2, 0) is 14.8 Å². The Balaban J connectivity index is 1.99. The fourth-order valence-electron chi connectivity index (χ4n) is 2.45. The van der Waals surface area contributed by atoms with Gasteiger partial charge in [0.1, 0.15) is 0 Å². The molecule has 1 saturated carbocycles. The molecule has 0 aromatic heterocycles. The minimum atomic E-state index is -3.64. The second kappa shape index (κ2) is 6.52. The summed E-state index contributed by atoms with van der Waals surface area (Å²) in [4.78, 5) is 22.9. The second-order valence-electron chi connectivity index (χ2n) is 7.06. The summed E-state index contributed by atoms with van der Waals surface area (Å²) in [6, 6.07) is 5.50. The molecule has 0 heterocycles. The van der Waals surface area contributed by atoms with Crippen molar-refractivity contribution in [1.82, 2.24) is 10.0 Å². The van der Waals surface area contributed by atoms with E-state index in [1.807, 2.05) is 0 Å². The van der Waals surface area contributed by atoms with E-state index in [9.17, 15) is 18.0 Å². The van der Waals surface area contributed by atoms with Crippen molar-refractivity contribution in [2.75, 3.05) is 0 Å². The van der Waals surface area contributed by atoms with Gasteiger partial charge in [0, 0.05) is 17.1 Å². The second-order valence-corrected chi connectivity index (χ2v) is 8.74. The van der Waals surface area contributed by atoms with E-state index in [1.165, 1.54) is 24.3 Å². The first-order valence-electron chi connectivity index (χ1n) is 7.66. The van der Waals surface area contributed by atoms with Gasteiger partial charge in [0.05, 0.1) is 10.8 Å². The lowest BCUT2D eigenvalue weighted by Crippen LogP contribution is -2.46. The molecule has 0 spiro atoms. The highest BCUT2D eigenvalue weighted by molar-refractivity contribution is 7.89. The summed E-state index contributed by atoms with van der Waals surface area (Å²) in [7, 11) is -3.64. The minimum Gasteiger partial charge on any atom is -0.481 e. The fourth-order valence-corrected chi connectivity index (χ4v) is 3.87. The Morgan fingerprint density at radius 2 is 1.67 bits per heavy atom. The Labute approximate surface area is 141 Å². The number of nitrogens with one attached hydrogen (secondary N) is 2. The van der Waals surface area contributed by atoms with Gasteiger partial charge in [0.15, 0.2) is 0 Å². The van der Waals surface area contributed by atoms with Crippen molar-refractivity contribution in [2.45, 2.75) is 50.1 Å². The lowest BCUT2D eigenvalue weighted by molar-refractivity contribution is -0.145. The van der Waals surface area contributed by atoms with Crippen molar-refractivity contribution in [3.8, 4) is 0 Å². The molecule has 132 valence electrons. The number of hydrogen-bond donors (Lipinski definition) is 3. The average Bonchev–Trinajstić information content (AvgIpc) is 2.39. The number of sulfonamides is 1. The number of hydrogen-bond acceptors (Lipinski definition) is 4. The molecule has 0 atom stereocenters. The molecule has 0 bridgehead atoms. The lowest BCUT2D eigenvalue weighted by atomic mass is 9.80. The predicted molar refractivity (Wildman–Crippen MR) is 88.1 cm³/mol. The minimum absolute atomic E-state index is 0.0866. The quantitative estimate of drug-likeness (QED) is 0.739. The normalized spacial score (nSPS) is 21.0. The number of amides is 1. The number of aliphatic carboxylic acids is 1. The summed E-state index contributed by atoms with van der Waals surface area (Å²) in [6.45, 7) is 5.24. The van der Waals surface area contributed by atoms with Crippen LogP contribution in [0.15, 0.2) is 29.2 Å². The molecular weight excluding hydrogens is 332 g/mol. The molecule has 1 aromatic rings. The molecule has 0 unspecified atom stereocenters. The Morgan fingerprint density at radius 1 is 1.12 bits per heavy atom. The average molecular weight is 354 g/mol. The van der Waals surface area contributed by atoms with Crippen LogP contribution in [0.3, 0.4) is 0 Å². The summed E-state index contributed by atoms with van der Waals surface area (Å²) in [6.07, 6.45) is 0.839. The van der Waals surface area contributed by atoms with Crippen molar-refractivity contribution >= 4 is 21.9 Å². The molecule has 0 radical (unpaired) electrons. The lowest BCUT2D eigenvalue weighted by Gasteiger charge is -2.32. The number of carbonyl (C=O) groups excluding carboxylic acids is 1. The van der Waals surface area contributed by atoms with Crippen LogP contribution in [0.2, 0.25) is 0 Å². The van der Waals surface area contributed by atoms with E-state index >= 15 is 0 Å². The van der Waals surface area contributed by atoms with Crippen molar-refractivity contribution in [3.63, 3.8) is 0 Å². The Morgan fingerprint density at radius 3 is 2.12 bits per heavy atom. The van der Waals surface area contributed by atoms with Gasteiger partial charge in [-0.05, 0) is 57.9 Å². The zero-order valence-electron chi connectivity index (χ0n) is 13.9. The summed E-state index contributed by atoms with van der Waals surface area (Å²) in [5.74, 6) is -1.58. The molecule has 0 aliphatic heterocycles. The number of rotatable bonds is 5. The molecule has 1 fully saturated rings. The van der Waals surface area contributed by atoms with Crippen LogP contribution in [-0.4, -0.2) is 37.0 Å². The van der Waals surface area contributed by atoms with Crippen LogP contribution in [0.1, 0.15) is 44.0 Å². The number of benzene rings is 1. The van der Waals surface area contributed by atoms with E-state index < -0.39 is 27.4 Å². The van der Waals surface area contributed by atoms with Gasteiger partial charge in [-0.1, -0.05) is 0 Å². The standard InChI is InChI=1S/C16H22N2O5S/c1-16(2,3)18-24(22,23)13-6-4-10(5-7-13)14(19)17-12-8-11(9-12)15(20)21/h4-7,11-12,18H,8-9H2,1-3H3,(H,17,19)(H,20,21). The smallest absolute Gasteiger partial charge is 0.306 e. The number of carboxylic acids is 1. The summed E-state index contributed by atoms with van der Waals surface area (Å²) < 4.78 is 26.9. The molecule has 3 N–H and O–H groups in total. The maximum absolute atomic E-state index is 12.2. The Hall–Kier alpha value is -1.93. The van der Waals surface area contributed by atoms with Crippen LogP contribution < -0.4 is 10.0 Å². The molecule has 0 saturated heterocycles. The zero-order chi connectivity index (χ0) is 18.1. The molecule has 24 heavy (non-hydrogen) atoms. The van der Waals surface area contributed by atoms with Crippen molar-refractivity contribution < 1.29 is 23.1 Å². The predicted octanol–water partition coefficient (Wildman–Crippen LogP) is 1.36. The highest BCUT2D eigenvalue weighted by atomic mass is 32.2. The molecule has 8 heteroatoms. The monoisotopic (exact) mass is 354 g/mol. The van der Waals surface area contributed by atoms with E-state index in [2.05, 4.69) is 10.0 Å². The van der Waals surface area contributed by atoms with Gasteiger partial charge >= 0.3 is 5.97 Å². The van der Waals surface area contributed by atoms with Gasteiger partial charge in [0.25, 0.3) is 5.91 Å². The first-order valence-corrected chi connectivity index (χ1v) is 9.14. The van der Waals surface area contributed by atoms with Gasteiger partial charge in [-0.15, -0.1) is 0 Å². The van der Waals surface area contributed by atoms with Gasteiger partial charge in [0.2, 0.25) is 10.0 Å². The van der Waals surface area contributed by atoms with Crippen LogP contribution in [0.4, 0.5) is 0 Å². The molecule has 1 aliphatic carbocycles. The van der Waals surface area contributed by atoms with Gasteiger partial charge in [-0.25, -0.2) is 13.1 Å². The highest BCUT2D eigenvalue weighted by Gasteiger charge is 2.35.